The van der Waals surface area contributed by atoms with E-state index in [9.17, 15) is 9.90 Å². The second-order valence-corrected chi connectivity index (χ2v) is 5.65. The summed E-state index contributed by atoms with van der Waals surface area (Å²) in [6.07, 6.45) is 0.365. The first-order valence-corrected chi connectivity index (χ1v) is 6.42. The molecule has 0 aromatic heterocycles. The van der Waals surface area contributed by atoms with Crippen LogP contribution < -0.4 is 16.4 Å². The number of benzene rings is 1. The maximum absolute atomic E-state index is 11.8. The Bertz CT molecular complexity index is 499. The number of amides is 1. The molecular formula is C14H21N3O2. The smallest absolute Gasteiger partial charge is 0.253 e. The number of carbonyl (C=O) groups is 1. The van der Waals surface area contributed by atoms with E-state index >= 15 is 0 Å². The Kier molecular flexibility index (Phi) is 3.41. The Balaban J connectivity index is 2.25. The number of aliphatic hydroxyl groups is 1. The normalized spacial score (nSPS) is 24.4. The zero-order valence-electron chi connectivity index (χ0n) is 11.5. The van der Waals surface area contributed by atoms with Crippen LogP contribution in [0.1, 0.15) is 30.6 Å². The fourth-order valence-corrected chi connectivity index (χ4v) is 2.35. The van der Waals surface area contributed by atoms with Gasteiger partial charge in [0.05, 0.1) is 11.7 Å². The summed E-state index contributed by atoms with van der Waals surface area (Å²) in [6, 6.07) is 5.30. The summed E-state index contributed by atoms with van der Waals surface area (Å²) in [5.74, 6) is -0.153. The van der Waals surface area contributed by atoms with E-state index in [1.54, 1.807) is 25.2 Å². The fraction of sp³-hybridized carbons (Fsp3) is 0.500. The Morgan fingerprint density at radius 1 is 1.47 bits per heavy atom. The van der Waals surface area contributed by atoms with Gasteiger partial charge in [-0.15, -0.1) is 0 Å². The summed E-state index contributed by atoms with van der Waals surface area (Å²) < 4.78 is 0. The van der Waals surface area contributed by atoms with Crippen LogP contribution in [0.25, 0.3) is 0 Å². The standard InChI is InChI=1S/C14H21N3O2/c1-14(2)11(7-12(14)18)17-10-6-8(15)4-5-9(10)13(19)16-3/h4-6,11-12,17-18H,7,15H2,1-3H3,(H,16,19). The number of aliphatic hydroxyl groups excluding tert-OH is 1. The van der Waals surface area contributed by atoms with Gasteiger partial charge in [-0.2, -0.15) is 0 Å². The lowest BCUT2D eigenvalue weighted by atomic mass is 9.64. The van der Waals surface area contributed by atoms with Gasteiger partial charge < -0.3 is 21.5 Å². The fourth-order valence-electron chi connectivity index (χ4n) is 2.35. The summed E-state index contributed by atoms with van der Waals surface area (Å²) in [7, 11) is 1.60. The SMILES string of the molecule is CNC(=O)c1ccc(N)cc1NC1CC(O)C1(C)C. The molecule has 2 unspecified atom stereocenters. The molecule has 5 N–H and O–H groups in total. The van der Waals surface area contributed by atoms with Crippen molar-refractivity contribution in [1.82, 2.24) is 5.32 Å². The van der Waals surface area contributed by atoms with Crippen molar-refractivity contribution in [2.75, 3.05) is 18.1 Å². The van der Waals surface area contributed by atoms with Crippen LogP contribution in [-0.4, -0.2) is 30.2 Å². The highest BCUT2D eigenvalue weighted by Crippen LogP contribution is 2.42. The Morgan fingerprint density at radius 3 is 2.68 bits per heavy atom. The molecule has 0 saturated heterocycles. The van der Waals surface area contributed by atoms with Crippen molar-refractivity contribution < 1.29 is 9.90 Å². The highest BCUT2D eigenvalue weighted by atomic mass is 16.3. The van der Waals surface area contributed by atoms with Gasteiger partial charge in [0.25, 0.3) is 5.91 Å². The van der Waals surface area contributed by atoms with E-state index in [2.05, 4.69) is 10.6 Å². The monoisotopic (exact) mass is 263 g/mol. The quantitative estimate of drug-likeness (QED) is 0.617. The van der Waals surface area contributed by atoms with Crippen LogP contribution in [0.3, 0.4) is 0 Å². The van der Waals surface area contributed by atoms with Crippen molar-refractivity contribution in [3.05, 3.63) is 23.8 Å². The summed E-state index contributed by atoms with van der Waals surface area (Å²) in [5.41, 5.74) is 7.45. The Morgan fingerprint density at radius 2 is 2.16 bits per heavy atom. The van der Waals surface area contributed by atoms with Gasteiger partial charge in [0.2, 0.25) is 0 Å². The highest BCUT2D eigenvalue weighted by molar-refractivity contribution is 6.00. The third-order valence-electron chi connectivity index (χ3n) is 4.06. The van der Waals surface area contributed by atoms with Crippen LogP contribution in [0, 0.1) is 5.41 Å². The number of carbonyl (C=O) groups excluding carboxylic acids is 1. The van der Waals surface area contributed by atoms with Crippen LogP contribution >= 0.6 is 0 Å². The lowest BCUT2D eigenvalue weighted by Gasteiger charge is -2.50. The third kappa shape index (κ3) is 2.38. The second-order valence-electron chi connectivity index (χ2n) is 5.65. The van der Waals surface area contributed by atoms with Gasteiger partial charge in [0, 0.05) is 29.9 Å². The van der Waals surface area contributed by atoms with Crippen LogP contribution in [0.2, 0.25) is 0 Å². The molecule has 5 heteroatoms. The molecule has 0 spiro atoms. The van der Waals surface area contributed by atoms with Crippen LogP contribution in [0.5, 0.6) is 0 Å². The summed E-state index contributed by atoms with van der Waals surface area (Å²) >= 11 is 0. The Hall–Kier alpha value is -1.75. The molecule has 1 amide bonds. The third-order valence-corrected chi connectivity index (χ3v) is 4.06. The topological polar surface area (TPSA) is 87.4 Å². The van der Waals surface area contributed by atoms with Gasteiger partial charge in [0.15, 0.2) is 0 Å². The number of rotatable bonds is 3. The Labute approximate surface area is 113 Å². The van der Waals surface area contributed by atoms with Gasteiger partial charge in [-0.05, 0) is 24.6 Å². The van der Waals surface area contributed by atoms with E-state index < -0.39 is 0 Å². The number of hydrogen-bond acceptors (Lipinski definition) is 4. The summed E-state index contributed by atoms with van der Waals surface area (Å²) in [5, 5.41) is 15.7. The van der Waals surface area contributed by atoms with Gasteiger partial charge in [-0.1, -0.05) is 13.8 Å². The van der Waals surface area contributed by atoms with E-state index in [4.69, 9.17) is 5.73 Å². The predicted octanol–water partition coefficient (Wildman–Crippen LogP) is 1.20. The van der Waals surface area contributed by atoms with E-state index in [1.807, 2.05) is 13.8 Å². The van der Waals surface area contributed by atoms with Crippen LogP contribution in [-0.2, 0) is 0 Å². The lowest BCUT2D eigenvalue weighted by Crippen LogP contribution is -2.57. The maximum Gasteiger partial charge on any atom is 0.253 e. The van der Waals surface area contributed by atoms with Crippen LogP contribution in [0.4, 0.5) is 11.4 Å². The molecule has 1 fully saturated rings. The molecule has 1 aromatic rings. The molecule has 1 aliphatic rings. The summed E-state index contributed by atoms with van der Waals surface area (Å²) in [6.45, 7) is 4.01. The maximum atomic E-state index is 11.8. The molecule has 0 bridgehead atoms. The van der Waals surface area contributed by atoms with Gasteiger partial charge in [0.1, 0.15) is 0 Å². The van der Waals surface area contributed by atoms with Gasteiger partial charge in [-0.25, -0.2) is 0 Å². The molecule has 0 aliphatic heterocycles. The first kappa shape index (κ1) is 13.7. The number of hydrogen-bond donors (Lipinski definition) is 4. The van der Waals surface area contributed by atoms with Crippen molar-refractivity contribution in [3.63, 3.8) is 0 Å². The van der Waals surface area contributed by atoms with Crippen molar-refractivity contribution in [2.24, 2.45) is 5.41 Å². The minimum atomic E-state index is -0.311. The van der Waals surface area contributed by atoms with Crippen molar-refractivity contribution in [1.29, 1.82) is 0 Å². The largest absolute Gasteiger partial charge is 0.399 e. The molecule has 0 heterocycles. The van der Waals surface area contributed by atoms with Gasteiger partial charge >= 0.3 is 0 Å². The number of nitrogen functional groups attached to an aromatic ring is 1. The van der Waals surface area contributed by atoms with Crippen molar-refractivity contribution >= 4 is 17.3 Å². The van der Waals surface area contributed by atoms with Gasteiger partial charge in [-0.3, -0.25) is 4.79 Å². The van der Waals surface area contributed by atoms with E-state index in [0.29, 0.717) is 23.4 Å². The minimum Gasteiger partial charge on any atom is -0.399 e. The number of anilines is 2. The van der Waals surface area contributed by atoms with E-state index in [-0.39, 0.29) is 23.5 Å². The molecule has 5 nitrogen and oxygen atoms in total. The number of nitrogens with one attached hydrogen (secondary N) is 2. The molecule has 1 aliphatic carbocycles. The second kappa shape index (κ2) is 4.74. The molecule has 19 heavy (non-hydrogen) atoms. The zero-order valence-corrected chi connectivity index (χ0v) is 11.5. The average molecular weight is 263 g/mol. The lowest BCUT2D eigenvalue weighted by molar-refractivity contribution is -0.0510. The van der Waals surface area contributed by atoms with Crippen LogP contribution in [0.15, 0.2) is 18.2 Å². The van der Waals surface area contributed by atoms with Crippen molar-refractivity contribution in [3.8, 4) is 0 Å². The first-order valence-electron chi connectivity index (χ1n) is 6.42. The minimum absolute atomic E-state index is 0.132. The molecule has 0 radical (unpaired) electrons. The summed E-state index contributed by atoms with van der Waals surface area (Å²) in [4.78, 5) is 11.8. The molecule has 1 aromatic carbocycles. The van der Waals surface area contributed by atoms with Crippen molar-refractivity contribution in [2.45, 2.75) is 32.4 Å². The average Bonchev–Trinajstić information content (AvgIpc) is 2.38. The zero-order chi connectivity index (χ0) is 14.2. The molecular weight excluding hydrogens is 242 g/mol. The molecule has 1 saturated carbocycles. The number of nitrogens with two attached hydrogens (primary N) is 1. The molecule has 2 rings (SSSR count). The van der Waals surface area contributed by atoms with E-state index in [1.165, 1.54) is 0 Å². The molecule has 2 atom stereocenters. The van der Waals surface area contributed by atoms with E-state index in [0.717, 1.165) is 0 Å². The first-order chi connectivity index (χ1) is 8.86. The molecule has 104 valence electrons. The highest BCUT2D eigenvalue weighted by Gasteiger charge is 2.47. The predicted molar refractivity (Wildman–Crippen MR) is 76.1 cm³/mol.